The predicted octanol–water partition coefficient (Wildman–Crippen LogP) is 2.39. The molecule has 1 saturated heterocycles. The molecule has 7 heteroatoms. The topological polar surface area (TPSA) is 84.1 Å². The molecule has 4 rings (SSSR count). The highest BCUT2D eigenvalue weighted by molar-refractivity contribution is 5.80. The SMILES string of the molecule is O=C(C1CCCC1)N1[C@H](CO)CC[C@@H]1c1nnnn1C1CCCCC1. The smallest absolute Gasteiger partial charge is 0.226 e. The van der Waals surface area contributed by atoms with Crippen molar-refractivity contribution in [3.63, 3.8) is 0 Å². The Hall–Kier alpha value is -1.50. The van der Waals surface area contributed by atoms with Crippen molar-refractivity contribution in [2.24, 2.45) is 5.92 Å². The van der Waals surface area contributed by atoms with Crippen LogP contribution in [-0.4, -0.2) is 48.8 Å². The van der Waals surface area contributed by atoms with Crippen molar-refractivity contribution >= 4 is 5.91 Å². The summed E-state index contributed by atoms with van der Waals surface area (Å²) in [5, 5.41) is 22.4. The van der Waals surface area contributed by atoms with Gasteiger partial charge in [0.15, 0.2) is 5.82 Å². The third-order valence-electron chi connectivity index (χ3n) is 6.41. The molecular weight excluding hydrogens is 318 g/mol. The Kier molecular flexibility index (Phi) is 5.01. The predicted molar refractivity (Wildman–Crippen MR) is 91.6 cm³/mol. The number of aliphatic hydroxyl groups is 1. The van der Waals surface area contributed by atoms with E-state index >= 15 is 0 Å². The van der Waals surface area contributed by atoms with E-state index in [-0.39, 0.29) is 30.5 Å². The molecule has 138 valence electrons. The third-order valence-corrected chi connectivity index (χ3v) is 6.41. The van der Waals surface area contributed by atoms with Crippen molar-refractivity contribution in [3.8, 4) is 0 Å². The Balaban J connectivity index is 1.60. The van der Waals surface area contributed by atoms with Crippen LogP contribution in [0.25, 0.3) is 0 Å². The Labute approximate surface area is 148 Å². The van der Waals surface area contributed by atoms with E-state index in [9.17, 15) is 9.90 Å². The molecule has 1 aromatic heterocycles. The maximum atomic E-state index is 13.1. The van der Waals surface area contributed by atoms with E-state index in [2.05, 4.69) is 15.5 Å². The minimum absolute atomic E-state index is 0.0277. The van der Waals surface area contributed by atoms with Crippen LogP contribution in [0.4, 0.5) is 0 Å². The molecule has 0 bridgehead atoms. The minimum Gasteiger partial charge on any atom is -0.394 e. The molecule has 3 aliphatic rings. The number of hydrogen-bond acceptors (Lipinski definition) is 5. The number of carbonyl (C=O) groups is 1. The second-order valence-corrected chi connectivity index (χ2v) is 7.93. The lowest BCUT2D eigenvalue weighted by atomic mass is 9.95. The van der Waals surface area contributed by atoms with Gasteiger partial charge in [-0.05, 0) is 49.0 Å². The number of nitrogens with zero attached hydrogens (tertiary/aromatic N) is 5. The van der Waals surface area contributed by atoms with E-state index < -0.39 is 0 Å². The summed E-state index contributed by atoms with van der Waals surface area (Å²) in [6, 6.07) is 0.187. The number of amides is 1. The van der Waals surface area contributed by atoms with Crippen molar-refractivity contribution < 1.29 is 9.90 Å². The van der Waals surface area contributed by atoms with Crippen LogP contribution < -0.4 is 0 Å². The molecular formula is C18H29N5O2. The van der Waals surface area contributed by atoms with Gasteiger partial charge < -0.3 is 10.0 Å². The molecule has 7 nitrogen and oxygen atoms in total. The standard InChI is InChI=1S/C18H29N5O2/c24-12-15-10-11-16(22(15)18(25)13-6-4-5-7-13)17-19-20-21-23(17)14-8-2-1-3-9-14/h13-16,24H,1-12H2/t15-,16+/m0/s1. The van der Waals surface area contributed by atoms with Crippen LogP contribution in [0.15, 0.2) is 0 Å². The molecule has 0 aromatic carbocycles. The first-order valence-corrected chi connectivity index (χ1v) is 10.0. The molecule has 2 heterocycles. The van der Waals surface area contributed by atoms with Crippen LogP contribution in [0.3, 0.4) is 0 Å². The summed E-state index contributed by atoms with van der Waals surface area (Å²) in [6.45, 7) is 0.0277. The van der Waals surface area contributed by atoms with Gasteiger partial charge in [-0.25, -0.2) is 4.68 Å². The molecule has 3 fully saturated rings. The Morgan fingerprint density at radius 1 is 1.00 bits per heavy atom. The summed E-state index contributed by atoms with van der Waals surface area (Å²) in [7, 11) is 0. The van der Waals surface area contributed by atoms with Crippen molar-refractivity contribution in [2.75, 3.05) is 6.61 Å². The molecule has 0 spiro atoms. The summed E-state index contributed by atoms with van der Waals surface area (Å²) < 4.78 is 1.98. The zero-order valence-corrected chi connectivity index (χ0v) is 14.9. The van der Waals surface area contributed by atoms with Gasteiger partial charge in [0.1, 0.15) is 0 Å². The molecule has 2 aliphatic carbocycles. The first kappa shape index (κ1) is 16.9. The van der Waals surface area contributed by atoms with Crippen molar-refractivity contribution in [2.45, 2.75) is 88.8 Å². The van der Waals surface area contributed by atoms with Gasteiger partial charge in [0.05, 0.1) is 24.7 Å². The van der Waals surface area contributed by atoms with E-state index in [1.54, 1.807) is 0 Å². The minimum atomic E-state index is -0.0883. The lowest BCUT2D eigenvalue weighted by Gasteiger charge is -2.32. The van der Waals surface area contributed by atoms with Crippen molar-refractivity contribution in [3.05, 3.63) is 5.82 Å². The number of aromatic nitrogens is 4. The highest BCUT2D eigenvalue weighted by Crippen LogP contribution is 2.40. The van der Waals surface area contributed by atoms with E-state index in [0.717, 1.165) is 57.2 Å². The quantitative estimate of drug-likeness (QED) is 0.904. The number of likely N-dealkylation sites (tertiary alicyclic amines) is 1. The molecule has 1 N–H and O–H groups in total. The van der Waals surface area contributed by atoms with Gasteiger partial charge in [-0.3, -0.25) is 4.79 Å². The molecule has 1 aromatic rings. The number of hydrogen-bond donors (Lipinski definition) is 1. The Morgan fingerprint density at radius 3 is 2.44 bits per heavy atom. The summed E-state index contributed by atoms with van der Waals surface area (Å²) in [6.07, 6.45) is 11.9. The number of tetrazole rings is 1. The summed E-state index contributed by atoms with van der Waals surface area (Å²) in [5.41, 5.74) is 0. The third kappa shape index (κ3) is 3.18. The second-order valence-electron chi connectivity index (χ2n) is 7.93. The molecule has 2 saturated carbocycles. The van der Waals surface area contributed by atoms with Crippen LogP contribution in [0, 0.1) is 5.92 Å². The molecule has 2 atom stereocenters. The molecule has 0 radical (unpaired) electrons. The largest absolute Gasteiger partial charge is 0.394 e. The lowest BCUT2D eigenvalue weighted by molar-refractivity contribution is -0.139. The van der Waals surface area contributed by atoms with Crippen molar-refractivity contribution in [1.82, 2.24) is 25.1 Å². The lowest BCUT2D eigenvalue weighted by Crippen LogP contribution is -2.43. The highest BCUT2D eigenvalue weighted by atomic mass is 16.3. The van der Waals surface area contributed by atoms with E-state index in [1.807, 2.05) is 9.58 Å². The fourth-order valence-corrected chi connectivity index (χ4v) is 5.04. The van der Waals surface area contributed by atoms with Crippen molar-refractivity contribution in [1.29, 1.82) is 0 Å². The Bertz CT molecular complexity index is 592. The van der Waals surface area contributed by atoms with Gasteiger partial charge in [0.2, 0.25) is 5.91 Å². The van der Waals surface area contributed by atoms with Gasteiger partial charge in [-0.15, -0.1) is 5.10 Å². The van der Waals surface area contributed by atoms with Crippen LogP contribution in [0.2, 0.25) is 0 Å². The van der Waals surface area contributed by atoms with Gasteiger partial charge in [-0.2, -0.15) is 0 Å². The summed E-state index contributed by atoms with van der Waals surface area (Å²) in [4.78, 5) is 15.1. The maximum absolute atomic E-state index is 13.1. The molecule has 1 aliphatic heterocycles. The van der Waals surface area contributed by atoms with Crippen LogP contribution in [-0.2, 0) is 4.79 Å². The fraction of sp³-hybridized carbons (Fsp3) is 0.889. The average molecular weight is 347 g/mol. The van der Waals surface area contributed by atoms with Gasteiger partial charge in [-0.1, -0.05) is 32.1 Å². The van der Waals surface area contributed by atoms with E-state index in [4.69, 9.17) is 0 Å². The normalized spacial score (nSPS) is 28.8. The van der Waals surface area contributed by atoms with Gasteiger partial charge in [0, 0.05) is 5.92 Å². The monoisotopic (exact) mass is 347 g/mol. The highest BCUT2D eigenvalue weighted by Gasteiger charge is 2.43. The Morgan fingerprint density at radius 2 is 1.72 bits per heavy atom. The average Bonchev–Trinajstić information content (AvgIpc) is 3.41. The van der Waals surface area contributed by atoms with E-state index in [1.165, 1.54) is 19.3 Å². The van der Waals surface area contributed by atoms with Gasteiger partial charge >= 0.3 is 0 Å². The number of aliphatic hydroxyl groups excluding tert-OH is 1. The van der Waals surface area contributed by atoms with E-state index in [0.29, 0.717) is 6.04 Å². The fourth-order valence-electron chi connectivity index (χ4n) is 5.04. The number of carbonyl (C=O) groups excluding carboxylic acids is 1. The molecule has 25 heavy (non-hydrogen) atoms. The van der Waals surface area contributed by atoms with Crippen LogP contribution >= 0.6 is 0 Å². The molecule has 1 amide bonds. The zero-order valence-electron chi connectivity index (χ0n) is 14.9. The molecule has 0 unspecified atom stereocenters. The van der Waals surface area contributed by atoms with Gasteiger partial charge in [0.25, 0.3) is 0 Å². The first-order chi connectivity index (χ1) is 12.3. The maximum Gasteiger partial charge on any atom is 0.226 e. The second kappa shape index (κ2) is 7.40. The summed E-state index contributed by atoms with van der Waals surface area (Å²) >= 11 is 0. The zero-order chi connectivity index (χ0) is 17.2. The number of rotatable bonds is 4. The van der Waals surface area contributed by atoms with Crippen LogP contribution in [0.5, 0.6) is 0 Å². The first-order valence-electron chi connectivity index (χ1n) is 10.0. The van der Waals surface area contributed by atoms with Crippen LogP contribution in [0.1, 0.15) is 88.5 Å². The summed E-state index contributed by atoms with van der Waals surface area (Å²) in [5.74, 6) is 1.15.